The summed E-state index contributed by atoms with van der Waals surface area (Å²) >= 11 is 0. The second-order valence-corrected chi connectivity index (χ2v) is 5.68. The van der Waals surface area contributed by atoms with Gasteiger partial charge in [0, 0.05) is 18.0 Å². The number of nitrogens with one attached hydrogen (secondary N) is 1. The zero-order valence-corrected chi connectivity index (χ0v) is 13.9. The van der Waals surface area contributed by atoms with Crippen LogP contribution in [0.3, 0.4) is 0 Å². The maximum Gasteiger partial charge on any atom is 0.341 e. The minimum absolute atomic E-state index is 0.0231. The van der Waals surface area contributed by atoms with Crippen molar-refractivity contribution in [3.05, 3.63) is 63.7 Å². The van der Waals surface area contributed by atoms with Crippen molar-refractivity contribution in [2.24, 2.45) is 0 Å². The molecule has 0 spiro atoms. The molecule has 2 aliphatic heterocycles. The second-order valence-electron chi connectivity index (χ2n) is 5.68. The molecule has 0 aliphatic carbocycles. The predicted octanol–water partition coefficient (Wildman–Crippen LogP) is 1.81. The van der Waals surface area contributed by atoms with Gasteiger partial charge in [-0.15, -0.1) is 0 Å². The number of pyridine rings is 1. The van der Waals surface area contributed by atoms with Gasteiger partial charge in [0.05, 0.1) is 25.1 Å². The van der Waals surface area contributed by atoms with E-state index in [0.29, 0.717) is 0 Å². The highest BCUT2D eigenvalue weighted by molar-refractivity contribution is 5.96. The molecule has 8 nitrogen and oxygen atoms in total. The number of aromatic amines is 1. The maximum absolute atomic E-state index is 14.3. The zero-order chi connectivity index (χ0) is 19.7. The number of benzene rings is 1. The van der Waals surface area contributed by atoms with E-state index in [2.05, 4.69) is 14.9 Å². The highest BCUT2D eigenvalue weighted by atomic mass is 19.2. The van der Waals surface area contributed by atoms with Crippen LogP contribution in [0.25, 0.3) is 11.3 Å². The van der Waals surface area contributed by atoms with Crippen molar-refractivity contribution in [3.8, 4) is 11.3 Å². The van der Waals surface area contributed by atoms with Crippen LogP contribution in [0, 0.1) is 11.6 Å². The molecule has 2 N–H and O–H groups in total. The number of hydrogen-bond acceptors (Lipinski definition) is 5. The van der Waals surface area contributed by atoms with Gasteiger partial charge in [0.1, 0.15) is 11.3 Å². The molecule has 140 valence electrons. The summed E-state index contributed by atoms with van der Waals surface area (Å²) < 4.78 is 33.8. The summed E-state index contributed by atoms with van der Waals surface area (Å²) in [6.07, 6.45) is 1.79. The first-order chi connectivity index (χ1) is 12.8. The summed E-state index contributed by atoms with van der Waals surface area (Å²) in [6.45, 7) is 0. The van der Waals surface area contributed by atoms with Gasteiger partial charge in [0.15, 0.2) is 11.6 Å². The highest BCUT2D eigenvalue weighted by Gasteiger charge is 2.27. The molecule has 0 fully saturated rings. The van der Waals surface area contributed by atoms with E-state index in [1.807, 2.05) is 0 Å². The van der Waals surface area contributed by atoms with E-state index in [0.717, 1.165) is 17.7 Å². The van der Waals surface area contributed by atoms with Gasteiger partial charge in [0.2, 0.25) is 0 Å². The molecule has 10 heteroatoms. The van der Waals surface area contributed by atoms with Gasteiger partial charge in [-0.1, -0.05) is 12.1 Å². The van der Waals surface area contributed by atoms with E-state index in [9.17, 15) is 28.3 Å². The average Bonchev–Trinajstić information content (AvgIpc) is 3.02. The average molecular weight is 377 g/mol. The zero-order valence-electron chi connectivity index (χ0n) is 13.9. The molecule has 1 atom stereocenters. The van der Waals surface area contributed by atoms with Gasteiger partial charge in [-0.3, -0.25) is 9.59 Å². The third-order valence-electron chi connectivity index (χ3n) is 4.05. The van der Waals surface area contributed by atoms with Crippen LogP contribution in [-0.2, 0) is 9.53 Å². The lowest BCUT2D eigenvalue weighted by atomic mass is 10.0. The molecule has 0 saturated carbocycles. The number of halogens is 2. The van der Waals surface area contributed by atoms with Gasteiger partial charge >= 0.3 is 11.9 Å². The van der Waals surface area contributed by atoms with Crippen molar-refractivity contribution in [2.75, 3.05) is 7.11 Å². The van der Waals surface area contributed by atoms with Gasteiger partial charge in [-0.25, -0.2) is 18.7 Å². The Hall–Kier alpha value is -3.56. The van der Waals surface area contributed by atoms with Crippen LogP contribution in [0.15, 0.2) is 35.4 Å². The summed E-state index contributed by atoms with van der Waals surface area (Å²) in [7, 11) is 1.12. The van der Waals surface area contributed by atoms with E-state index in [1.165, 1.54) is 24.5 Å². The third-order valence-corrected chi connectivity index (χ3v) is 4.05. The molecule has 2 heterocycles. The van der Waals surface area contributed by atoms with Crippen molar-refractivity contribution >= 4 is 11.9 Å². The predicted molar refractivity (Wildman–Crippen MR) is 87.6 cm³/mol. The summed E-state index contributed by atoms with van der Waals surface area (Å²) in [5.41, 5.74) is -0.991. The molecule has 3 rings (SSSR count). The molecule has 27 heavy (non-hydrogen) atoms. The van der Waals surface area contributed by atoms with Gasteiger partial charge < -0.3 is 14.4 Å². The third kappa shape index (κ3) is 3.28. The number of aromatic nitrogens is 3. The summed E-state index contributed by atoms with van der Waals surface area (Å²) in [5.74, 6) is -4.48. The van der Waals surface area contributed by atoms with E-state index in [1.54, 1.807) is 0 Å². The number of rotatable bonds is 5. The minimum atomic E-state index is -1.29. The van der Waals surface area contributed by atoms with Crippen LogP contribution >= 0.6 is 0 Å². The van der Waals surface area contributed by atoms with E-state index in [-0.39, 0.29) is 22.4 Å². The lowest BCUT2D eigenvalue weighted by Gasteiger charge is -2.22. The monoisotopic (exact) mass is 377 g/mol. The van der Waals surface area contributed by atoms with Gasteiger partial charge in [-0.2, -0.15) is 5.10 Å². The number of carboxylic acid groups (broad SMARTS) is 1. The Labute approximate surface area is 150 Å². The number of H-pyrrole nitrogens is 1. The standard InChI is InChI=1S/C17H13F2N3O5/c1-27-17(26)10-7-22(6-9-15(10)20-21-16(9)25)12(5-13(23)24)8-3-2-4-11(18)14(8)19/h2-4,6-7,12H,5H2,1H3,(H,21,25)(H,23,24)/t12-/m0/s1. The smallest absolute Gasteiger partial charge is 0.341 e. The van der Waals surface area contributed by atoms with Crippen LogP contribution in [-0.4, -0.2) is 38.9 Å². The number of fused-ring (bicyclic) bond motifs is 1. The molecule has 1 aromatic rings. The summed E-state index contributed by atoms with van der Waals surface area (Å²) in [6, 6.07) is 2.14. The number of carbonyl (C=O) groups is 2. The normalized spacial score (nSPS) is 12.1. The van der Waals surface area contributed by atoms with Crippen molar-refractivity contribution in [1.29, 1.82) is 0 Å². The number of ether oxygens (including phenoxy) is 1. The Kier molecular flexibility index (Phi) is 4.72. The SMILES string of the molecule is COC(=O)c1cn([C@@H](CC(=O)O)c2cccc(F)c2F)cc2c(=O)[nH]nc1-2. The fourth-order valence-electron chi connectivity index (χ4n) is 2.81. The van der Waals surface area contributed by atoms with Gasteiger partial charge in [-0.05, 0) is 6.07 Å². The van der Waals surface area contributed by atoms with E-state index >= 15 is 0 Å². The van der Waals surface area contributed by atoms with Crippen molar-refractivity contribution < 1.29 is 28.2 Å². The van der Waals surface area contributed by atoms with E-state index in [4.69, 9.17) is 0 Å². The fourth-order valence-corrected chi connectivity index (χ4v) is 2.81. The van der Waals surface area contributed by atoms with Crippen LogP contribution in [0.2, 0.25) is 0 Å². The molecule has 0 amide bonds. The fraction of sp³-hybridized carbons (Fsp3) is 0.176. The largest absolute Gasteiger partial charge is 0.481 e. The number of esters is 1. The molecular formula is C17H13F2N3O5. The number of methoxy groups -OCH3 is 1. The van der Waals surface area contributed by atoms with Crippen molar-refractivity contribution in [1.82, 2.24) is 14.8 Å². The van der Waals surface area contributed by atoms with Crippen LogP contribution in [0.1, 0.15) is 28.4 Å². The Morgan fingerprint density at radius 1 is 1.33 bits per heavy atom. The van der Waals surface area contributed by atoms with Crippen LogP contribution < -0.4 is 5.56 Å². The first-order valence-corrected chi connectivity index (χ1v) is 7.67. The molecule has 0 radical (unpaired) electrons. The quantitative estimate of drug-likeness (QED) is 0.656. The number of aliphatic carboxylic acids is 1. The summed E-state index contributed by atoms with van der Waals surface area (Å²) in [5, 5.41) is 15.2. The van der Waals surface area contributed by atoms with E-state index < -0.39 is 41.6 Å². The molecule has 2 aliphatic rings. The van der Waals surface area contributed by atoms with Crippen molar-refractivity contribution in [2.45, 2.75) is 12.5 Å². The number of hydrogen-bond donors (Lipinski definition) is 2. The molecule has 0 unspecified atom stereocenters. The topological polar surface area (TPSA) is 114 Å². The minimum Gasteiger partial charge on any atom is -0.481 e. The Bertz CT molecular complexity index is 1060. The highest BCUT2D eigenvalue weighted by Crippen LogP contribution is 2.30. The first kappa shape index (κ1) is 18.2. The molecule has 0 bridgehead atoms. The van der Waals surface area contributed by atoms with Crippen molar-refractivity contribution in [3.63, 3.8) is 0 Å². The van der Waals surface area contributed by atoms with Gasteiger partial charge in [0.25, 0.3) is 5.56 Å². The molecular weight excluding hydrogens is 364 g/mol. The number of nitrogens with zero attached hydrogens (tertiary/aromatic N) is 2. The van der Waals surface area contributed by atoms with Crippen LogP contribution in [0.5, 0.6) is 0 Å². The lowest BCUT2D eigenvalue weighted by molar-refractivity contribution is -0.137. The number of carbonyl (C=O) groups excluding carboxylic acids is 1. The first-order valence-electron chi connectivity index (χ1n) is 7.67. The Morgan fingerprint density at radius 3 is 2.74 bits per heavy atom. The molecule has 0 aromatic heterocycles. The molecule has 1 aromatic carbocycles. The molecule has 0 saturated heterocycles. The Balaban J connectivity index is 2.27. The second kappa shape index (κ2) is 6.98. The lowest BCUT2D eigenvalue weighted by Crippen LogP contribution is -2.20. The van der Waals surface area contributed by atoms with Crippen LogP contribution in [0.4, 0.5) is 8.78 Å². The number of carboxylic acids is 1. The summed E-state index contributed by atoms with van der Waals surface area (Å²) in [4.78, 5) is 35.3. The Morgan fingerprint density at radius 2 is 2.07 bits per heavy atom. The maximum atomic E-state index is 14.3.